The second-order valence-electron chi connectivity index (χ2n) is 3.80. The molecule has 0 N–H and O–H groups in total. The zero-order chi connectivity index (χ0) is 15.6. The highest BCUT2D eigenvalue weighted by atomic mass is 79.9. The molecule has 0 heterocycles. The zero-order valence-corrected chi connectivity index (χ0v) is 11.2. The van der Waals surface area contributed by atoms with Crippen LogP contribution in [0.2, 0.25) is 0 Å². The molecule has 1 rings (SSSR count). The molecule has 9 heteroatoms. The van der Waals surface area contributed by atoms with E-state index in [1.165, 1.54) is 12.1 Å². The average molecular weight is 369 g/mol. The normalized spacial score (nSPS) is 14.7. The first-order valence-electron chi connectivity index (χ1n) is 5.16. The van der Waals surface area contributed by atoms with Gasteiger partial charge in [-0.3, -0.25) is 0 Å². The Morgan fingerprint density at radius 3 is 2.00 bits per heavy atom. The number of hydrogen-bond acceptors (Lipinski definition) is 1. The third-order valence-electron chi connectivity index (χ3n) is 2.26. The van der Waals surface area contributed by atoms with E-state index in [0.29, 0.717) is 0 Å². The molecule has 0 aromatic heterocycles. The first-order valence-corrected chi connectivity index (χ1v) is 6.28. The summed E-state index contributed by atoms with van der Waals surface area (Å²) in [4.78, 5) is 0. The van der Waals surface area contributed by atoms with Gasteiger partial charge in [0.2, 0.25) is 6.10 Å². The minimum absolute atomic E-state index is 0.125. The van der Waals surface area contributed by atoms with Gasteiger partial charge in [-0.2, -0.15) is 26.3 Å². The first kappa shape index (κ1) is 17.2. The van der Waals surface area contributed by atoms with E-state index in [0.717, 1.165) is 12.1 Å². The molecule has 0 radical (unpaired) electrons. The maximum atomic E-state index is 13.0. The summed E-state index contributed by atoms with van der Waals surface area (Å²) in [6, 6.07) is 4.17. The van der Waals surface area contributed by atoms with Crippen LogP contribution in [0.1, 0.15) is 11.7 Å². The Bertz CT molecular complexity index is 429. The van der Waals surface area contributed by atoms with Crippen LogP contribution in [0.25, 0.3) is 0 Å². The number of halogens is 8. The molecule has 1 aromatic carbocycles. The van der Waals surface area contributed by atoms with E-state index >= 15 is 0 Å². The highest BCUT2D eigenvalue weighted by Crippen LogP contribution is 2.39. The predicted molar refractivity (Wildman–Crippen MR) is 59.9 cm³/mol. The van der Waals surface area contributed by atoms with Crippen LogP contribution in [0.4, 0.5) is 30.7 Å². The number of ether oxygens (including phenoxy) is 1. The fourth-order valence-corrected chi connectivity index (χ4v) is 1.94. The maximum absolute atomic E-state index is 13.0. The largest absolute Gasteiger partial charge is 0.423 e. The van der Waals surface area contributed by atoms with Gasteiger partial charge in [0.1, 0.15) is 5.82 Å². The van der Waals surface area contributed by atoms with Crippen molar-refractivity contribution >= 4 is 15.9 Å². The molecular formula is C11H8BrF7O. The molecule has 0 saturated heterocycles. The Morgan fingerprint density at radius 1 is 1.05 bits per heavy atom. The third-order valence-corrected chi connectivity index (χ3v) is 2.84. The predicted octanol–water partition coefficient (Wildman–Crippen LogP) is 4.77. The smallest absolute Gasteiger partial charge is 0.352 e. The van der Waals surface area contributed by atoms with E-state index in [4.69, 9.17) is 0 Å². The minimum Gasteiger partial charge on any atom is -0.352 e. The Hall–Kier alpha value is -0.830. The van der Waals surface area contributed by atoms with Crippen molar-refractivity contribution in [3.05, 3.63) is 35.6 Å². The number of rotatable bonds is 4. The highest BCUT2D eigenvalue weighted by Gasteiger charge is 2.58. The summed E-state index contributed by atoms with van der Waals surface area (Å²) >= 11 is 2.76. The molecule has 1 nitrogen and oxygen atoms in total. The number of benzene rings is 1. The van der Waals surface area contributed by atoms with Crippen molar-refractivity contribution in [2.24, 2.45) is 0 Å². The molecule has 1 unspecified atom stereocenters. The van der Waals surface area contributed by atoms with Crippen LogP contribution in [0.5, 0.6) is 0 Å². The van der Waals surface area contributed by atoms with Gasteiger partial charge in [0.15, 0.2) is 0 Å². The van der Waals surface area contributed by atoms with E-state index in [1.54, 1.807) is 0 Å². The van der Waals surface area contributed by atoms with Crippen LogP contribution in [-0.2, 0) is 4.74 Å². The van der Waals surface area contributed by atoms with E-state index in [9.17, 15) is 30.7 Å². The summed E-state index contributed by atoms with van der Waals surface area (Å²) in [6.07, 6.45) is -16.7. The lowest BCUT2D eigenvalue weighted by molar-refractivity contribution is -0.330. The summed E-state index contributed by atoms with van der Waals surface area (Å²) < 4.78 is 91.3. The molecule has 114 valence electrons. The molecule has 0 aliphatic heterocycles. The Morgan fingerprint density at radius 2 is 1.60 bits per heavy atom. The molecule has 0 aliphatic rings. The van der Waals surface area contributed by atoms with Crippen LogP contribution < -0.4 is 0 Å². The Balaban J connectivity index is 3.01. The van der Waals surface area contributed by atoms with Crippen LogP contribution in [0.3, 0.4) is 0 Å². The van der Waals surface area contributed by atoms with Crippen LogP contribution in [-0.4, -0.2) is 23.8 Å². The van der Waals surface area contributed by atoms with Crippen molar-refractivity contribution in [1.29, 1.82) is 0 Å². The van der Waals surface area contributed by atoms with Gasteiger partial charge in [-0.25, -0.2) is 4.39 Å². The lowest BCUT2D eigenvalue weighted by atomic mass is 10.1. The fourth-order valence-electron chi connectivity index (χ4n) is 1.42. The summed E-state index contributed by atoms with van der Waals surface area (Å²) in [5.41, 5.74) is -0.125. The standard InChI is InChI=1S/C11H8BrF7O/c12-5-8(6-2-1-3-7(13)4-6)20-9(10(14,15)16)11(17,18)19/h1-4,8-9H,5H2. The van der Waals surface area contributed by atoms with Crippen molar-refractivity contribution in [1.82, 2.24) is 0 Å². The van der Waals surface area contributed by atoms with Crippen LogP contribution in [0.15, 0.2) is 24.3 Å². The number of hydrogen-bond donors (Lipinski definition) is 0. The summed E-state index contributed by atoms with van der Waals surface area (Å²) in [5, 5.41) is -0.348. The Kier molecular flexibility index (Phi) is 5.42. The molecule has 0 aliphatic carbocycles. The fraction of sp³-hybridized carbons (Fsp3) is 0.455. The molecular weight excluding hydrogens is 361 g/mol. The van der Waals surface area contributed by atoms with Crippen LogP contribution >= 0.6 is 15.9 Å². The van der Waals surface area contributed by atoms with Crippen molar-refractivity contribution in [3.63, 3.8) is 0 Å². The molecule has 1 atom stereocenters. The molecule has 0 amide bonds. The van der Waals surface area contributed by atoms with Crippen molar-refractivity contribution in [2.45, 2.75) is 24.6 Å². The maximum Gasteiger partial charge on any atom is 0.423 e. The van der Waals surface area contributed by atoms with E-state index in [2.05, 4.69) is 20.7 Å². The SMILES string of the molecule is Fc1cccc(C(CBr)OC(C(F)(F)F)C(F)(F)F)c1. The molecule has 1 aromatic rings. The van der Waals surface area contributed by atoms with Gasteiger partial charge in [0, 0.05) is 5.33 Å². The van der Waals surface area contributed by atoms with Gasteiger partial charge < -0.3 is 4.74 Å². The summed E-state index contributed by atoms with van der Waals surface area (Å²) in [6.45, 7) is 0. The monoisotopic (exact) mass is 368 g/mol. The van der Waals surface area contributed by atoms with E-state index in [1.807, 2.05) is 0 Å². The lowest BCUT2D eigenvalue weighted by Crippen LogP contribution is -2.45. The van der Waals surface area contributed by atoms with Gasteiger partial charge in [0.25, 0.3) is 0 Å². The van der Waals surface area contributed by atoms with E-state index in [-0.39, 0.29) is 10.9 Å². The van der Waals surface area contributed by atoms with Crippen LogP contribution in [0, 0.1) is 5.82 Å². The average Bonchev–Trinajstić information content (AvgIpc) is 2.26. The molecule has 20 heavy (non-hydrogen) atoms. The minimum atomic E-state index is -5.61. The highest BCUT2D eigenvalue weighted by molar-refractivity contribution is 9.09. The topological polar surface area (TPSA) is 9.23 Å². The van der Waals surface area contributed by atoms with Gasteiger partial charge in [-0.1, -0.05) is 28.1 Å². The Labute approximate surface area is 117 Å². The number of alkyl halides is 7. The van der Waals surface area contributed by atoms with Gasteiger partial charge in [0.05, 0.1) is 6.10 Å². The lowest BCUT2D eigenvalue weighted by Gasteiger charge is -2.27. The molecule has 0 fully saturated rings. The molecule has 0 saturated carbocycles. The van der Waals surface area contributed by atoms with Crippen molar-refractivity contribution in [2.75, 3.05) is 5.33 Å². The third kappa shape index (κ3) is 4.62. The molecule has 0 bridgehead atoms. The van der Waals surface area contributed by atoms with Gasteiger partial charge in [-0.15, -0.1) is 0 Å². The van der Waals surface area contributed by atoms with Crippen molar-refractivity contribution in [3.8, 4) is 0 Å². The molecule has 0 spiro atoms. The van der Waals surface area contributed by atoms with E-state index < -0.39 is 30.4 Å². The summed E-state index contributed by atoms with van der Waals surface area (Å²) in [5.74, 6) is -0.785. The zero-order valence-electron chi connectivity index (χ0n) is 9.60. The second kappa shape index (κ2) is 6.30. The van der Waals surface area contributed by atoms with Gasteiger partial charge in [-0.05, 0) is 17.7 Å². The van der Waals surface area contributed by atoms with Crippen molar-refractivity contribution < 1.29 is 35.5 Å². The quantitative estimate of drug-likeness (QED) is 0.549. The first-order chi connectivity index (χ1) is 9.05. The second-order valence-corrected chi connectivity index (χ2v) is 4.44. The van der Waals surface area contributed by atoms with Gasteiger partial charge >= 0.3 is 12.4 Å². The summed E-state index contributed by atoms with van der Waals surface area (Å²) in [7, 11) is 0.